The van der Waals surface area contributed by atoms with Gasteiger partial charge in [-0.25, -0.2) is 0 Å². The third-order valence-corrected chi connectivity index (χ3v) is 5.45. The van der Waals surface area contributed by atoms with Crippen LogP contribution in [-0.4, -0.2) is 111 Å². The monoisotopic (exact) mass is 485 g/mol. The first-order valence-corrected chi connectivity index (χ1v) is 10.8. The minimum atomic E-state index is -1.72. The predicted molar refractivity (Wildman–Crippen MR) is 115 cm³/mol. The van der Waals surface area contributed by atoms with Gasteiger partial charge in [-0.15, -0.1) is 0 Å². The first-order chi connectivity index (χ1) is 16.4. The van der Waals surface area contributed by atoms with Crippen molar-refractivity contribution in [3.05, 3.63) is 48.6 Å². The summed E-state index contributed by atoms with van der Waals surface area (Å²) in [6.07, 6.45) is -12.2. The highest BCUT2D eigenvalue weighted by molar-refractivity contribution is 5.63. The Hall–Kier alpha value is -1.97. The van der Waals surface area contributed by atoms with Crippen molar-refractivity contribution >= 4 is 6.21 Å². The van der Waals surface area contributed by atoms with Gasteiger partial charge >= 0.3 is 0 Å². The Labute approximate surface area is 196 Å². The molecule has 190 valence electrons. The van der Waals surface area contributed by atoms with Crippen molar-refractivity contribution in [1.82, 2.24) is 0 Å². The van der Waals surface area contributed by atoms with Gasteiger partial charge in [0.1, 0.15) is 55.4 Å². The molecule has 1 aromatic rings. The highest BCUT2D eigenvalue weighted by atomic mass is 16.7. The lowest BCUT2D eigenvalue weighted by Gasteiger charge is -2.45. The summed E-state index contributed by atoms with van der Waals surface area (Å²) in [5.74, 6) is 0. The van der Waals surface area contributed by atoms with Crippen LogP contribution < -0.4 is 0 Å². The predicted octanol–water partition coefficient (Wildman–Crippen LogP) is -1.98. The zero-order chi connectivity index (χ0) is 24.7. The highest BCUT2D eigenvalue weighted by Crippen LogP contribution is 2.29. The Morgan fingerprint density at radius 2 is 1.62 bits per heavy atom. The maximum Gasteiger partial charge on any atom is 0.187 e. The number of aliphatic hydroxyl groups is 6. The molecule has 34 heavy (non-hydrogen) atoms. The number of ether oxygens (including phenoxy) is 4. The van der Waals surface area contributed by atoms with Crippen LogP contribution in [0, 0.1) is 0 Å². The van der Waals surface area contributed by atoms with E-state index in [-0.39, 0.29) is 13.2 Å². The summed E-state index contributed by atoms with van der Waals surface area (Å²) in [5.41, 5.74) is 0.808. The summed E-state index contributed by atoms with van der Waals surface area (Å²) < 4.78 is 22.2. The molecule has 0 amide bonds. The van der Waals surface area contributed by atoms with Crippen molar-refractivity contribution < 1.29 is 54.4 Å². The molecule has 0 bridgehead atoms. The fourth-order valence-corrected chi connectivity index (χ4v) is 3.57. The first kappa shape index (κ1) is 26.6. The molecule has 0 aliphatic carbocycles. The number of oxime groups is 1. The molecule has 2 saturated heterocycles. The van der Waals surface area contributed by atoms with E-state index in [4.69, 9.17) is 23.8 Å². The van der Waals surface area contributed by atoms with Gasteiger partial charge < -0.3 is 54.4 Å². The molecule has 3 rings (SSSR count). The molecule has 0 aromatic heterocycles. The van der Waals surface area contributed by atoms with Crippen LogP contribution in [0.4, 0.5) is 0 Å². The standard InChI is InChI=1S/C22H31NO11/c1-2-8-31-23-9-13-15(25)16(26)18(28)22(32-13)34-20-14(10-24)33-21(19(29)17(20)27)30-11-12-6-4-3-5-7-12/h2-7,9,13-22,24-29H,1,8,10-11H2/b23-9-/t13-,14-,15+,16+,17-,18-,19-,20-,21-,22+/m1/s1. The lowest BCUT2D eigenvalue weighted by Crippen LogP contribution is -2.64. The fourth-order valence-electron chi connectivity index (χ4n) is 3.57. The molecule has 10 atom stereocenters. The summed E-state index contributed by atoms with van der Waals surface area (Å²) in [5, 5.41) is 65.2. The Kier molecular flexibility index (Phi) is 9.91. The van der Waals surface area contributed by atoms with E-state index in [9.17, 15) is 30.6 Å². The molecule has 6 N–H and O–H groups in total. The van der Waals surface area contributed by atoms with Crippen molar-refractivity contribution in [2.75, 3.05) is 13.2 Å². The fraction of sp³-hybridized carbons (Fsp3) is 0.591. The second-order valence-corrected chi connectivity index (χ2v) is 7.88. The van der Waals surface area contributed by atoms with Gasteiger partial charge in [0.25, 0.3) is 0 Å². The van der Waals surface area contributed by atoms with Crippen LogP contribution in [-0.2, 0) is 30.4 Å². The van der Waals surface area contributed by atoms with E-state index >= 15 is 0 Å². The van der Waals surface area contributed by atoms with Gasteiger partial charge in [-0.1, -0.05) is 48.1 Å². The number of hydrogen-bond donors (Lipinski definition) is 6. The minimum absolute atomic E-state index is 0.0857. The lowest BCUT2D eigenvalue weighted by atomic mass is 9.97. The van der Waals surface area contributed by atoms with Crippen LogP contribution in [0.25, 0.3) is 0 Å². The van der Waals surface area contributed by atoms with Gasteiger partial charge in [-0.3, -0.25) is 0 Å². The quantitative estimate of drug-likeness (QED) is 0.0936. The average molecular weight is 485 g/mol. The first-order valence-electron chi connectivity index (χ1n) is 10.8. The average Bonchev–Trinajstić information content (AvgIpc) is 2.85. The van der Waals surface area contributed by atoms with Crippen molar-refractivity contribution in [2.45, 2.75) is 68.0 Å². The third kappa shape index (κ3) is 6.37. The topological polar surface area (TPSA) is 180 Å². The Bertz CT molecular complexity index is 779. The Morgan fingerprint density at radius 1 is 0.912 bits per heavy atom. The van der Waals surface area contributed by atoms with Gasteiger partial charge in [0.15, 0.2) is 12.6 Å². The second kappa shape index (κ2) is 12.7. The summed E-state index contributed by atoms with van der Waals surface area (Å²) in [4.78, 5) is 4.85. The van der Waals surface area contributed by atoms with Gasteiger partial charge in [0, 0.05) is 0 Å². The molecule has 0 saturated carbocycles. The van der Waals surface area contributed by atoms with Crippen LogP contribution >= 0.6 is 0 Å². The van der Waals surface area contributed by atoms with Crippen molar-refractivity contribution in [3.8, 4) is 0 Å². The second-order valence-electron chi connectivity index (χ2n) is 7.88. The van der Waals surface area contributed by atoms with Gasteiger partial charge in [-0.05, 0) is 5.56 Å². The van der Waals surface area contributed by atoms with E-state index in [0.717, 1.165) is 11.8 Å². The number of hydrogen-bond acceptors (Lipinski definition) is 12. The van der Waals surface area contributed by atoms with Crippen molar-refractivity contribution in [3.63, 3.8) is 0 Å². The van der Waals surface area contributed by atoms with Crippen LogP contribution in [0.3, 0.4) is 0 Å². The van der Waals surface area contributed by atoms with E-state index in [1.165, 1.54) is 6.08 Å². The van der Waals surface area contributed by atoms with Crippen LogP contribution in [0.1, 0.15) is 5.56 Å². The van der Waals surface area contributed by atoms with E-state index in [2.05, 4.69) is 11.7 Å². The molecule has 12 nitrogen and oxygen atoms in total. The largest absolute Gasteiger partial charge is 0.394 e. The molecule has 0 spiro atoms. The smallest absolute Gasteiger partial charge is 0.187 e. The normalized spacial score (nSPS) is 38.6. The highest BCUT2D eigenvalue weighted by Gasteiger charge is 2.50. The van der Waals surface area contributed by atoms with E-state index < -0.39 is 68.0 Å². The molecule has 0 unspecified atom stereocenters. The van der Waals surface area contributed by atoms with Gasteiger partial charge in [0.05, 0.1) is 19.4 Å². The molecular weight excluding hydrogens is 454 g/mol. The van der Waals surface area contributed by atoms with E-state index in [0.29, 0.717) is 0 Å². The van der Waals surface area contributed by atoms with Crippen LogP contribution in [0.15, 0.2) is 48.1 Å². The number of rotatable bonds is 10. The summed E-state index contributed by atoms with van der Waals surface area (Å²) in [6.45, 7) is 3.03. The van der Waals surface area contributed by atoms with E-state index in [1.54, 1.807) is 0 Å². The zero-order valence-electron chi connectivity index (χ0n) is 18.3. The van der Waals surface area contributed by atoms with Crippen LogP contribution in [0.5, 0.6) is 0 Å². The third-order valence-electron chi connectivity index (χ3n) is 5.45. The number of nitrogens with zero attached hydrogens (tertiary/aromatic N) is 1. The zero-order valence-corrected chi connectivity index (χ0v) is 18.3. The molecule has 0 radical (unpaired) electrons. The van der Waals surface area contributed by atoms with Crippen molar-refractivity contribution in [2.24, 2.45) is 5.16 Å². The molecule has 2 heterocycles. The number of benzene rings is 1. The molecule has 12 heteroatoms. The SMILES string of the molecule is C=CCO/N=C\[C@H]1O[C@@H](O[C@H]2[C@H](O)[C@@H](O)[C@H](OCc3ccccc3)O[C@@H]2CO)[C@H](O)[C@@H](O)[C@H]1O. The molecule has 1 aromatic carbocycles. The van der Waals surface area contributed by atoms with Gasteiger partial charge in [0.2, 0.25) is 0 Å². The summed E-state index contributed by atoms with van der Waals surface area (Å²) in [6, 6.07) is 9.09. The molecule has 2 aliphatic heterocycles. The maximum absolute atomic E-state index is 10.7. The Morgan fingerprint density at radius 3 is 2.29 bits per heavy atom. The minimum Gasteiger partial charge on any atom is -0.394 e. The summed E-state index contributed by atoms with van der Waals surface area (Å²) in [7, 11) is 0. The van der Waals surface area contributed by atoms with Crippen molar-refractivity contribution in [1.29, 1.82) is 0 Å². The lowest BCUT2D eigenvalue weighted by molar-refractivity contribution is -0.353. The maximum atomic E-state index is 10.7. The van der Waals surface area contributed by atoms with E-state index in [1.807, 2.05) is 30.3 Å². The Balaban J connectivity index is 1.65. The number of aliphatic hydroxyl groups excluding tert-OH is 6. The molecule has 2 fully saturated rings. The van der Waals surface area contributed by atoms with Gasteiger partial charge in [-0.2, -0.15) is 0 Å². The summed E-state index contributed by atoms with van der Waals surface area (Å²) >= 11 is 0. The van der Waals surface area contributed by atoms with Crippen LogP contribution in [0.2, 0.25) is 0 Å². The molecular formula is C22H31NO11. The molecule has 2 aliphatic rings.